The van der Waals surface area contributed by atoms with Gasteiger partial charge in [0.15, 0.2) is 0 Å². The SMILES string of the molecule is CC(C)Oc1ccc(NS(=O)(=O)c2cn[nH]c2)c(Cl)c1. The van der Waals surface area contributed by atoms with Crippen molar-refractivity contribution in [1.82, 2.24) is 10.2 Å². The van der Waals surface area contributed by atoms with Crippen molar-refractivity contribution in [3.05, 3.63) is 35.6 Å². The molecule has 0 saturated heterocycles. The second-order valence-corrected chi connectivity index (χ2v) is 6.44. The number of aromatic nitrogens is 2. The summed E-state index contributed by atoms with van der Waals surface area (Å²) in [5.74, 6) is 0.580. The molecule has 1 heterocycles. The van der Waals surface area contributed by atoms with Crippen molar-refractivity contribution < 1.29 is 13.2 Å². The first kappa shape index (κ1) is 14.7. The number of H-pyrrole nitrogens is 1. The number of ether oxygens (including phenoxy) is 1. The summed E-state index contributed by atoms with van der Waals surface area (Å²) in [6.07, 6.45) is 2.51. The molecule has 20 heavy (non-hydrogen) atoms. The van der Waals surface area contributed by atoms with Crippen LogP contribution in [0.1, 0.15) is 13.8 Å². The van der Waals surface area contributed by atoms with Crippen LogP contribution in [0.4, 0.5) is 5.69 Å². The fourth-order valence-corrected chi connectivity index (χ4v) is 2.77. The molecular formula is C12H14ClN3O3S. The Labute approximate surface area is 122 Å². The van der Waals surface area contributed by atoms with Gasteiger partial charge in [-0.05, 0) is 26.0 Å². The highest BCUT2D eigenvalue weighted by atomic mass is 35.5. The summed E-state index contributed by atoms with van der Waals surface area (Å²) in [6, 6.07) is 4.77. The zero-order chi connectivity index (χ0) is 14.8. The average Bonchev–Trinajstić information content (AvgIpc) is 2.86. The van der Waals surface area contributed by atoms with Crippen molar-refractivity contribution in [1.29, 1.82) is 0 Å². The molecule has 0 bridgehead atoms. The molecule has 0 spiro atoms. The monoisotopic (exact) mass is 315 g/mol. The Morgan fingerprint density at radius 2 is 2.15 bits per heavy atom. The lowest BCUT2D eigenvalue weighted by molar-refractivity contribution is 0.242. The first-order valence-corrected chi connectivity index (χ1v) is 7.72. The van der Waals surface area contributed by atoms with Crippen molar-refractivity contribution in [3.8, 4) is 5.75 Å². The topological polar surface area (TPSA) is 84.1 Å². The van der Waals surface area contributed by atoms with Gasteiger partial charge in [0, 0.05) is 12.3 Å². The Morgan fingerprint density at radius 3 is 2.70 bits per heavy atom. The summed E-state index contributed by atoms with van der Waals surface area (Å²) >= 11 is 6.05. The van der Waals surface area contributed by atoms with Gasteiger partial charge in [0.25, 0.3) is 10.0 Å². The van der Waals surface area contributed by atoms with Crippen molar-refractivity contribution in [2.24, 2.45) is 0 Å². The number of nitrogens with zero attached hydrogens (tertiary/aromatic N) is 1. The molecule has 0 aliphatic rings. The van der Waals surface area contributed by atoms with Crippen LogP contribution in [0.3, 0.4) is 0 Å². The van der Waals surface area contributed by atoms with E-state index in [-0.39, 0.29) is 21.7 Å². The lowest BCUT2D eigenvalue weighted by atomic mass is 10.3. The van der Waals surface area contributed by atoms with Gasteiger partial charge in [-0.3, -0.25) is 9.82 Å². The maximum atomic E-state index is 12.0. The molecule has 2 rings (SSSR count). The van der Waals surface area contributed by atoms with E-state index in [0.29, 0.717) is 5.75 Å². The van der Waals surface area contributed by atoms with Crippen molar-refractivity contribution in [3.63, 3.8) is 0 Å². The second kappa shape index (κ2) is 5.72. The predicted octanol–water partition coefficient (Wildman–Crippen LogP) is 2.65. The molecular weight excluding hydrogens is 302 g/mol. The first-order valence-electron chi connectivity index (χ1n) is 5.86. The summed E-state index contributed by atoms with van der Waals surface area (Å²) in [5, 5.41) is 6.31. The number of benzene rings is 1. The quantitative estimate of drug-likeness (QED) is 0.888. The minimum atomic E-state index is -3.70. The Morgan fingerprint density at radius 1 is 1.40 bits per heavy atom. The summed E-state index contributed by atoms with van der Waals surface area (Å²) in [4.78, 5) is 0.0380. The summed E-state index contributed by atoms with van der Waals surface area (Å²) in [5.41, 5.74) is 0.281. The Balaban J connectivity index is 2.22. The molecule has 2 N–H and O–H groups in total. The zero-order valence-electron chi connectivity index (χ0n) is 10.9. The van der Waals surface area contributed by atoms with Crippen LogP contribution < -0.4 is 9.46 Å². The van der Waals surface area contributed by atoms with Crippen LogP contribution in [-0.2, 0) is 10.0 Å². The molecule has 0 saturated carbocycles. The van der Waals surface area contributed by atoms with E-state index in [1.807, 2.05) is 13.8 Å². The van der Waals surface area contributed by atoms with Crippen LogP contribution in [0.5, 0.6) is 5.75 Å². The molecule has 6 nitrogen and oxygen atoms in total. The summed E-state index contributed by atoms with van der Waals surface area (Å²) in [7, 11) is -3.70. The van der Waals surface area contributed by atoms with E-state index in [9.17, 15) is 8.42 Å². The highest BCUT2D eigenvalue weighted by Gasteiger charge is 2.17. The molecule has 0 amide bonds. The largest absolute Gasteiger partial charge is 0.491 e. The van der Waals surface area contributed by atoms with Gasteiger partial charge in [-0.25, -0.2) is 8.42 Å². The van der Waals surface area contributed by atoms with E-state index in [4.69, 9.17) is 16.3 Å². The zero-order valence-corrected chi connectivity index (χ0v) is 12.5. The van der Waals surface area contributed by atoms with Gasteiger partial charge < -0.3 is 4.74 Å². The number of sulfonamides is 1. The Kier molecular flexibility index (Phi) is 4.20. The Bertz CT molecular complexity index is 684. The van der Waals surface area contributed by atoms with Crippen LogP contribution >= 0.6 is 11.6 Å². The highest BCUT2D eigenvalue weighted by Crippen LogP contribution is 2.29. The maximum Gasteiger partial charge on any atom is 0.265 e. The number of hydrogen-bond acceptors (Lipinski definition) is 4. The lowest BCUT2D eigenvalue weighted by Crippen LogP contribution is -2.12. The van der Waals surface area contributed by atoms with E-state index in [1.165, 1.54) is 12.4 Å². The molecule has 0 aliphatic heterocycles. The number of rotatable bonds is 5. The molecule has 2 aromatic rings. The lowest BCUT2D eigenvalue weighted by Gasteiger charge is -2.12. The first-order chi connectivity index (χ1) is 9.38. The van der Waals surface area contributed by atoms with Gasteiger partial charge >= 0.3 is 0 Å². The third-order valence-electron chi connectivity index (χ3n) is 2.34. The number of halogens is 1. The van der Waals surface area contributed by atoms with Crippen LogP contribution in [0, 0.1) is 0 Å². The molecule has 1 aromatic carbocycles. The molecule has 1 aromatic heterocycles. The molecule has 0 aliphatic carbocycles. The average molecular weight is 316 g/mol. The highest BCUT2D eigenvalue weighted by molar-refractivity contribution is 7.92. The fourth-order valence-electron chi connectivity index (χ4n) is 1.51. The number of aromatic amines is 1. The van der Waals surface area contributed by atoms with Crippen molar-refractivity contribution >= 4 is 27.3 Å². The van der Waals surface area contributed by atoms with Gasteiger partial charge in [-0.2, -0.15) is 5.10 Å². The number of anilines is 1. The predicted molar refractivity (Wildman–Crippen MR) is 76.6 cm³/mol. The molecule has 8 heteroatoms. The molecule has 0 atom stereocenters. The number of hydrogen-bond donors (Lipinski definition) is 2. The maximum absolute atomic E-state index is 12.0. The third kappa shape index (κ3) is 3.43. The molecule has 108 valence electrons. The summed E-state index contributed by atoms with van der Waals surface area (Å²) in [6.45, 7) is 3.78. The minimum absolute atomic E-state index is 0.0135. The van der Waals surface area contributed by atoms with Crippen LogP contribution in [0.25, 0.3) is 0 Å². The standard InChI is InChI=1S/C12H14ClN3O3S/c1-8(2)19-9-3-4-12(11(13)5-9)16-20(17,18)10-6-14-15-7-10/h3-8,16H,1-2H3,(H,14,15). The van der Waals surface area contributed by atoms with Crippen LogP contribution in [0.15, 0.2) is 35.5 Å². The van der Waals surface area contributed by atoms with E-state index in [1.54, 1.807) is 18.2 Å². The fraction of sp³-hybridized carbons (Fsp3) is 0.250. The second-order valence-electron chi connectivity index (χ2n) is 4.35. The molecule has 0 radical (unpaired) electrons. The van der Waals surface area contributed by atoms with E-state index < -0.39 is 10.0 Å². The normalized spacial score (nSPS) is 11.6. The van der Waals surface area contributed by atoms with Gasteiger partial charge in [0.1, 0.15) is 10.6 Å². The van der Waals surface area contributed by atoms with Gasteiger partial charge in [-0.15, -0.1) is 0 Å². The number of nitrogens with one attached hydrogen (secondary N) is 2. The third-order valence-corrected chi connectivity index (χ3v) is 3.99. The minimum Gasteiger partial charge on any atom is -0.491 e. The van der Waals surface area contributed by atoms with Gasteiger partial charge in [-0.1, -0.05) is 11.6 Å². The molecule has 0 unspecified atom stereocenters. The van der Waals surface area contributed by atoms with Crippen molar-refractivity contribution in [2.45, 2.75) is 24.8 Å². The Hall–Kier alpha value is -1.73. The van der Waals surface area contributed by atoms with E-state index in [0.717, 1.165) is 0 Å². The van der Waals surface area contributed by atoms with Gasteiger partial charge in [0.05, 0.1) is 23.0 Å². The summed E-state index contributed by atoms with van der Waals surface area (Å²) < 4.78 is 31.9. The van der Waals surface area contributed by atoms with Crippen molar-refractivity contribution in [2.75, 3.05) is 4.72 Å². The van der Waals surface area contributed by atoms with Crippen LogP contribution in [-0.4, -0.2) is 24.7 Å². The molecule has 0 fully saturated rings. The van der Waals surface area contributed by atoms with E-state index >= 15 is 0 Å². The van der Waals surface area contributed by atoms with E-state index in [2.05, 4.69) is 14.9 Å². The smallest absolute Gasteiger partial charge is 0.265 e. The van der Waals surface area contributed by atoms with Crippen LogP contribution in [0.2, 0.25) is 5.02 Å². The van der Waals surface area contributed by atoms with Gasteiger partial charge in [0.2, 0.25) is 0 Å².